The van der Waals surface area contributed by atoms with E-state index in [-0.39, 0.29) is 5.91 Å². The Morgan fingerprint density at radius 3 is 2.82 bits per heavy atom. The summed E-state index contributed by atoms with van der Waals surface area (Å²) < 4.78 is 2.05. The van der Waals surface area contributed by atoms with E-state index in [9.17, 15) is 4.79 Å². The van der Waals surface area contributed by atoms with E-state index in [0.29, 0.717) is 17.8 Å². The Hall–Kier alpha value is -1.04. The van der Waals surface area contributed by atoms with Crippen molar-refractivity contribution in [1.29, 1.82) is 0 Å². The van der Waals surface area contributed by atoms with Gasteiger partial charge in [0.2, 0.25) is 5.91 Å². The molecule has 0 spiro atoms. The van der Waals surface area contributed by atoms with Crippen LogP contribution >= 0.6 is 11.8 Å². The van der Waals surface area contributed by atoms with E-state index >= 15 is 0 Å². The van der Waals surface area contributed by atoms with Crippen LogP contribution in [0.15, 0.2) is 5.16 Å². The van der Waals surface area contributed by atoms with Crippen molar-refractivity contribution in [1.82, 2.24) is 20.1 Å². The molecule has 0 aromatic carbocycles. The maximum atomic E-state index is 11.6. The Kier molecular flexibility index (Phi) is 3.71. The first-order valence-electron chi connectivity index (χ1n) is 5.91. The third-order valence-corrected chi connectivity index (χ3v) is 3.57. The second-order valence-corrected chi connectivity index (χ2v) is 5.57. The smallest absolute Gasteiger partial charge is 0.230 e. The summed E-state index contributed by atoms with van der Waals surface area (Å²) in [6, 6.07) is 0.742. The van der Waals surface area contributed by atoms with Crippen LogP contribution < -0.4 is 5.32 Å². The fourth-order valence-electron chi connectivity index (χ4n) is 1.67. The van der Waals surface area contributed by atoms with Crippen LogP contribution in [0.25, 0.3) is 0 Å². The van der Waals surface area contributed by atoms with Crippen molar-refractivity contribution >= 4 is 17.7 Å². The van der Waals surface area contributed by atoms with Crippen LogP contribution in [0.5, 0.6) is 0 Å². The van der Waals surface area contributed by atoms with Gasteiger partial charge in [0.25, 0.3) is 0 Å². The number of nitrogens with zero attached hydrogens (tertiary/aromatic N) is 3. The third kappa shape index (κ3) is 3.21. The molecule has 1 N–H and O–H groups in total. The van der Waals surface area contributed by atoms with E-state index in [4.69, 9.17) is 0 Å². The van der Waals surface area contributed by atoms with Crippen molar-refractivity contribution in [3.8, 4) is 0 Å². The molecular weight excluding hydrogens is 236 g/mol. The number of thioether (sulfide) groups is 1. The van der Waals surface area contributed by atoms with Gasteiger partial charge in [-0.1, -0.05) is 11.8 Å². The van der Waals surface area contributed by atoms with Gasteiger partial charge in [-0.25, -0.2) is 0 Å². The second kappa shape index (κ2) is 5.08. The molecule has 1 heterocycles. The summed E-state index contributed by atoms with van der Waals surface area (Å²) in [5, 5.41) is 11.9. The van der Waals surface area contributed by atoms with Gasteiger partial charge < -0.3 is 9.88 Å². The van der Waals surface area contributed by atoms with E-state index in [0.717, 1.165) is 23.8 Å². The predicted octanol–water partition coefficient (Wildman–Crippen LogP) is 1.54. The lowest BCUT2D eigenvalue weighted by atomic mass is 10.4. The highest BCUT2D eigenvalue weighted by Gasteiger charge is 2.23. The highest BCUT2D eigenvalue weighted by Crippen LogP contribution is 2.22. The molecule has 0 unspecified atom stereocenters. The summed E-state index contributed by atoms with van der Waals surface area (Å²) in [7, 11) is 0. The van der Waals surface area contributed by atoms with Gasteiger partial charge in [0, 0.05) is 12.1 Å². The molecule has 6 heteroatoms. The van der Waals surface area contributed by atoms with Crippen LogP contribution in [0.4, 0.5) is 0 Å². The van der Waals surface area contributed by atoms with Gasteiger partial charge in [-0.05, 0) is 33.6 Å². The van der Waals surface area contributed by atoms with Gasteiger partial charge in [-0.3, -0.25) is 4.79 Å². The van der Waals surface area contributed by atoms with Crippen molar-refractivity contribution in [2.75, 3.05) is 5.75 Å². The summed E-state index contributed by atoms with van der Waals surface area (Å²) in [5.41, 5.74) is 0. The van der Waals surface area contributed by atoms with E-state index < -0.39 is 0 Å². The lowest BCUT2D eigenvalue weighted by Crippen LogP contribution is -2.27. The van der Waals surface area contributed by atoms with Crippen LogP contribution in [-0.2, 0) is 4.79 Å². The molecule has 1 aliphatic rings. The first-order valence-corrected chi connectivity index (χ1v) is 6.90. The Morgan fingerprint density at radius 2 is 2.24 bits per heavy atom. The van der Waals surface area contributed by atoms with Crippen LogP contribution in [0.1, 0.15) is 38.6 Å². The molecule has 1 aromatic rings. The predicted molar refractivity (Wildman–Crippen MR) is 67.0 cm³/mol. The highest BCUT2D eigenvalue weighted by molar-refractivity contribution is 7.99. The number of amides is 1. The zero-order chi connectivity index (χ0) is 12.4. The monoisotopic (exact) mass is 254 g/mol. The Bertz CT molecular complexity index is 412. The molecule has 17 heavy (non-hydrogen) atoms. The molecule has 5 nitrogen and oxygen atoms in total. The van der Waals surface area contributed by atoms with Crippen molar-refractivity contribution < 1.29 is 4.79 Å². The minimum absolute atomic E-state index is 0.0912. The van der Waals surface area contributed by atoms with E-state index in [1.54, 1.807) is 0 Å². The summed E-state index contributed by atoms with van der Waals surface area (Å²) in [6.07, 6.45) is 2.25. The van der Waals surface area contributed by atoms with Crippen molar-refractivity contribution in [3.05, 3.63) is 5.82 Å². The molecule has 1 amide bonds. The average Bonchev–Trinajstić information content (AvgIpc) is 2.97. The number of nitrogens with one attached hydrogen (secondary N) is 1. The minimum atomic E-state index is 0.0912. The van der Waals surface area contributed by atoms with Gasteiger partial charge in [-0.15, -0.1) is 10.2 Å². The number of rotatable bonds is 5. The highest BCUT2D eigenvalue weighted by atomic mass is 32.2. The molecule has 1 aliphatic carbocycles. The zero-order valence-corrected chi connectivity index (χ0v) is 11.3. The molecule has 2 rings (SSSR count). The minimum Gasteiger partial charge on any atom is -0.353 e. The van der Waals surface area contributed by atoms with Crippen LogP contribution in [0.2, 0.25) is 0 Å². The van der Waals surface area contributed by atoms with Crippen molar-refractivity contribution in [2.45, 2.75) is 50.9 Å². The maximum Gasteiger partial charge on any atom is 0.230 e. The lowest BCUT2D eigenvalue weighted by molar-refractivity contribution is -0.118. The molecule has 0 atom stereocenters. The number of hydrogen-bond acceptors (Lipinski definition) is 4. The maximum absolute atomic E-state index is 11.6. The van der Waals surface area contributed by atoms with E-state index in [1.807, 2.05) is 6.92 Å². The number of aryl methyl sites for hydroxylation is 1. The summed E-state index contributed by atoms with van der Waals surface area (Å²) >= 11 is 1.45. The Morgan fingerprint density at radius 1 is 1.53 bits per heavy atom. The molecule has 1 aromatic heterocycles. The summed E-state index contributed by atoms with van der Waals surface area (Å²) in [6.45, 7) is 6.11. The van der Waals surface area contributed by atoms with Gasteiger partial charge in [0.05, 0.1) is 5.75 Å². The van der Waals surface area contributed by atoms with Gasteiger partial charge in [0.1, 0.15) is 5.82 Å². The van der Waals surface area contributed by atoms with Crippen molar-refractivity contribution in [3.63, 3.8) is 0 Å². The normalized spacial score (nSPS) is 15.3. The van der Waals surface area contributed by atoms with E-state index in [2.05, 4.69) is 33.9 Å². The first kappa shape index (κ1) is 12.4. The lowest BCUT2D eigenvalue weighted by Gasteiger charge is -2.11. The fraction of sp³-hybridized carbons (Fsp3) is 0.727. The Labute approximate surface area is 105 Å². The van der Waals surface area contributed by atoms with Gasteiger partial charge in [0.15, 0.2) is 5.16 Å². The molecule has 94 valence electrons. The largest absolute Gasteiger partial charge is 0.353 e. The topological polar surface area (TPSA) is 59.8 Å². The molecule has 0 saturated heterocycles. The van der Waals surface area contributed by atoms with Gasteiger partial charge in [-0.2, -0.15) is 0 Å². The van der Waals surface area contributed by atoms with Crippen LogP contribution in [0.3, 0.4) is 0 Å². The molecule has 0 radical (unpaired) electrons. The Balaban J connectivity index is 1.91. The zero-order valence-electron chi connectivity index (χ0n) is 10.4. The SMILES string of the molecule is Cc1nnc(SCC(=O)NC2CC2)n1C(C)C. The molecule has 1 saturated carbocycles. The summed E-state index contributed by atoms with van der Waals surface area (Å²) in [4.78, 5) is 11.6. The fourth-order valence-corrected chi connectivity index (χ4v) is 2.59. The standard InChI is InChI=1S/C11H18N4OS/c1-7(2)15-8(3)13-14-11(15)17-6-10(16)12-9-4-5-9/h7,9H,4-6H2,1-3H3,(H,12,16). The van der Waals surface area contributed by atoms with Crippen LogP contribution in [0, 0.1) is 6.92 Å². The summed E-state index contributed by atoms with van der Waals surface area (Å²) in [5.74, 6) is 1.40. The average molecular weight is 254 g/mol. The number of hydrogen-bond donors (Lipinski definition) is 1. The quantitative estimate of drug-likeness (QED) is 0.810. The molecule has 0 bridgehead atoms. The number of aromatic nitrogens is 3. The number of carbonyl (C=O) groups excluding carboxylic acids is 1. The van der Waals surface area contributed by atoms with Crippen LogP contribution in [-0.4, -0.2) is 32.5 Å². The van der Waals surface area contributed by atoms with Crippen molar-refractivity contribution in [2.24, 2.45) is 0 Å². The third-order valence-electron chi connectivity index (χ3n) is 2.63. The molecule has 1 fully saturated rings. The van der Waals surface area contributed by atoms with E-state index in [1.165, 1.54) is 11.8 Å². The number of carbonyl (C=O) groups is 1. The second-order valence-electron chi connectivity index (χ2n) is 4.62. The molecular formula is C11H18N4OS. The van der Waals surface area contributed by atoms with Gasteiger partial charge >= 0.3 is 0 Å². The molecule has 0 aliphatic heterocycles. The first-order chi connectivity index (χ1) is 8.08.